The summed E-state index contributed by atoms with van der Waals surface area (Å²) in [5.41, 5.74) is 3.88. The second kappa shape index (κ2) is 6.78. The fourth-order valence-corrected chi connectivity index (χ4v) is 3.80. The molecule has 0 spiro atoms. The SMILES string of the molecule is CC1=CC(c2ccccc2C(O)(c2ccccc2)c2ccccc2)C=C1. The van der Waals surface area contributed by atoms with Gasteiger partial charge in [-0.25, -0.2) is 0 Å². The van der Waals surface area contributed by atoms with Crippen molar-refractivity contribution in [3.05, 3.63) is 131 Å². The molecular formula is C25H22O. The molecule has 1 unspecified atom stereocenters. The third-order valence-corrected chi connectivity index (χ3v) is 5.10. The van der Waals surface area contributed by atoms with Crippen molar-refractivity contribution in [2.45, 2.75) is 18.4 Å². The third kappa shape index (κ3) is 2.81. The molecule has 1 aliphatic rings. The molecule has 0 saturated carbocycles. The number of allylic oxidation sites excluding steroid dienone is 4. The van der Waals surface area contributed by atoms with E-state index in [2.05, 4.69) is 31.2 Å². The highest BCUT2D eigenvalue weighted by Crippen LogP contribution is 2.41. The first-order valence-electron chi connectivity index (χ1n) is 8.99. The summed E-state index contributed by atoms with van der Waals surface area (Å²) in [6, 6.07) is 28.1. The number of hydrogen-bond acceptors (Lipinski definition) is 1. The Labute approximate surface area is 155 Å². The first kappa shape index (κ1) is 16.6. The molecule has 1 atom stereocenters. The van der Waals surface area contributed by atoms with E-state index in [1.807, 2.05) is 78.9 Å². The maximum Gasteiger partial charge on any atom is 0.140 e. The first-order chi connectivity index (χ1) is 12.7. The van der Waals surface area contributed by atoms with Gasteiger partial charge in [-0.15, -0.1) is 0 Å². The zero-order valence-electron chi connectivity index (χ0n) is 14.8. The largest absolute Gasteiger partial charge is 0.376 e. The van der Waals surface area contributed by atoms with Crippen molar-refractivity contribution in [3.8, 4) is 0 Å². The Morgan fingerprint density at radius 3 is 1.81 bits per heavy atom. The molecule has 1 heteroatoms. The highest BCUT2D eigenvalue weighted by molar-refractivity contribution is 5.53. The lowest BCUT2D eigenvalue weighted by atomic mass is 9.76. The van der Waals surface area contributed by atoms with Crippen molar-refractivity contribution in [2.24, 2.45) is 0 Å². The molecule has 0 amide bonds. The summed E-state index contributed by atoms with van der Waals surface area (Å²) in [4.78, 5) is 0. The Hall–Kier alpha value is -2.90. The van der Waals surface area contributed by atoms with Gasteiger partial charge in [0.05, 0.1) is 0 Å². The van der Waals surface area contributed by atoms with Gasteiger partial charge >= 0.3 is 0 Å². The topological polar surface area (TPSA) is 20.2 Å². The number of aliphatic hydroxyl groups is 1. The molecular weight excluding hydrogens is 316 g/mol. The van der Waals surface area contributed by atoms with Gasteiger partial charge in [-0.3, -0.25) is 0 Å². The van der Waals surface area contributed by atoms with E-state index in [-0.39, 0.29) is 5.92 Å². The van der Waals surface area contributed by atoms with Crippen LogP contribution in [0.1, 0.15) is 35.1 Å². The van der Waals surface area contributed by atoms with Crippen molar-refractivity contribution < 1.29 is 5.11 Å². The summed E-state index contributed by atoms with van der Waals surface area (Å²) in [6.07, 6.45) is 6.59. The van der Waals surface area contributed by atoms with Crippen molar-refractivity contribution in [1.29, 1.82) is 0 Å². The van der Waals surface area contributed by atoms with Crippen molar-refractivity contribution in [2.75, 3.05) is 0 Å². The van der Waals surface area contributed by atoms with E-state index in [0.717, 1.165) is 22.3 Å². The van der Waals surface area contributed by atoms with Gasteiger partial charge in [-0.1, -0.05) is 109 Å². The number of rotatable bonds is 4. The van der Waals surface area contributed by atoms with Crippen LogP contribution in [-0.4, -0.2) is 5.11 Å². The summed E-state index contributed by atoms with van der Waals surface area (Å²) < 4.78 is 0. The van der Waals surface area contributed by atoms with E-state index in [0.29, 0.717) is 0 Å². The first-order valence-corrected chi connectivity index (χ1v) is 8.99. The van der Waals surface area contributed by atoms with Gasteiger partial charge in [0.2, 0.25) is 0 Å². The lowest BCUT2D eigenvalue weighted by Crippen LogP contribution is -2.30. The zero-order chi connectivity index (χ0) is 18.0. The maximum atomic E-state index is 12.1. The monoisotopic (exact) mass is 338 g/mol. The Kier molecular flexibility index (Phi) is 4.32. The molecule has 1 N–H and O–H groups in total. The van der Waals surface area contributed by atoms with E-state index < -0.39 is 5.60 Å². The second-order valence-corrected chi connectivity index (χ2v) is 6.83. The van der Waals surface area contributed by atoms with Gasteiger partial charge in [0.1, 0.15) is 5.60 Å². The third-order valence-electron chi connectivity index (χ3n) is 5.10. The van der Waals surface area contributed by atoms with Crippen molar-refractivity contribution >= 4 is 0 Å². The van der Waals surface area contributed by atoms with Crippen LogP contribution in [0.3, 0.4) is 0 Å². The van der Waals surface area contributed by atoms with Crippen molar-refractivity contribution in [3.63, 3.8) is 0 Å². The molecule has 1 nitrogen and oxygen atoms in total. The molecule has 0 aliphatic heterocycles. The number of hydrogen-bond donors (Lipinski definition) is 1. The van der Waals surface area contributed by atoms with Crippen LogP contribution >= 0.6 is 0 Å². The predicted octanol–water partition coefficient (Wildman–Crippen LogP) is 5.57. The lowest BCUT2D eigenvalue weighted by molar-refractivity contribution is 0.124. The summed E-state index contributed by atoms with van der Waals surface area (Å²) >= 11 is 0. The molecule has 0 saturated heterocycles. The van der Waals surface area contributed by atoms with E-state index in [1.165, 1.54) is 5.57 Å². The minimum atomic E-state index is -1.20. The van der Waals surface area contributed by atoms with Gasteiger partial charge in [-0.2, -0.15) is 0 Å². The van der Waals surface area contributed by atoms with Crippen LogP contribution in [0.2, 0.25) is 0 Å². The Morgan fingerprint density at radius 1 is 0.731 bits per heavy atom. The highest BCUT2D eigenvalue weighted by atomic mass is 16.3. The lowest BCUT2D eigenvalue weighted by Gasteiger charge is -2.33. The van der Waals surface area contributed by atoms with Gasteiger partial charge in [0, 0.05) is 5.92 Å². The molecule has 26 heavy (non-hydrogen) atoms. The standard InChI is InChI=1S/C25H22O/c1-19-16-17-20(18-19)23-14-8-9-15-24(23)25(26,21-10-4-2-5-11-21)22-12-6-3-7-13-22/h2-18,20,26H,1H3. The molecule has 0 bridgehead atoms. The van der Waals surface area contributed by atoms with E-state index in [1.54, 1.807) is 0 Å². The fourth-order valence-electron chi connectivity index (χ4n) is 3.80. The Balaban J connectivity index is 1.96. The van der Waals surface area contributed by atoms with Crippen LogP contribution in [0, 0.1) is 0 Å². The Morgan fingerprint density at radius 2 is 1.27 bits per heavy atom. The van der Waals surface area contributed by atoms with Crippen molar-refractivity contribution in [1.82, 2.24) is 0 Å². The predicted molar refractivity (Wildman–Crippen MR) is 107 cm³/mol. The summed E-state index contributed by atoms with van der Waals surface area (Å²) in [5, 5.41) is 12.1. The van der Waals surface area contributed by atoms with E-state index in [4.69, 9.17) is 0 Å². The second-order valence-electron chi connectivity index (χ2n) is 6.83. The van der Waals surface area contributed by atoms with E-state index >= 15 is 0 Å². The molecule has 3 aromatic carbocycles. The van der Waals surface area contributed by atoms with Gasteiger partial charge in [-0.05, 0) is 29.2 Å². The van der Waals surface area contributed by atoms with Crippen LogP contribution < -0.4 is 0 Å². The molecule has 0 fully saturated rings. The summed E-state index contributed by atoms with van der Waals surface area (Å²) in [5.74, 6) is 0.185. The molecule has 4 rings (SSSR count). The van der Waals surface area contributed by atoms with Crippen LogP contribution in [0.15, 0.2) is 109 Å². The normalized spacial score (nSPS) is 16.5. The minimum Gasteiger partial charge on any atom is -0.376 e. The van der Waals surface area contributed by atoms with Gasteiger partial charge in [0.25, 0.3) is 0 Å². The smallest absolute Gasteiger partial charge is 0.140 e. The molecule has 1 aliphatic carbocycles. The summed E-state index contributed by atoms with van der Waals surface area (Å²) in [6.45, 7) is 2.11. The minimum absolute atomic E-state index is 0.185. The molecule has 3 aromatic rings. The Bertz CT molecular complexity index is 912. The average Bonchev–Trinajstić information content (AvgIpc) is 3.15. The quantitative estimate of drug-likeness (QED) is 0.617. The van der Waals surface area contributed by atoms with E-state index in [9.17, 15) is 5.11 Å². The molecule has 128 valence electrons. The van der Waals surface area contributed by atoms with Crippen LogP contribution in [-0.2, 0) is 5.60 Å². The number of benzene rings is 3. The zero-order valence-corrected chi connectivity index (χ0v) is 14.8. The van der Waals surface area contributed by atoms with Crippen LogP contribution in [0.5, 0.6) is 0 Å². The van der Waals surface area contributed by atoms with Gasteiger partial charge in [0.15, 0.2) is 0 Å². The average molecular weight is 338 g/mol. The van der Waals surface area contributed by atoms with Gasteiger partial charge < -0.3 is 5.11 Å². The molecule has 0 heterocycles. The fraction of sp³-hybridized carbons (Fsp3) is 0.120. The van der Waals surface area contributed by atoms with Crippen LogP contribution in [0.4, 0.5) is 0 Å². The highest BCUT2D eigenvalue weighted by Gasteiger charge is 2.36. The molecule has 0 radical (unpaired) electrons. The van der Waals surface area contributed by atoms with Crippen LogP contribution in [0.25, 0.3) is 0 Å². The summed E-state index contributed by atoms with van der Waals surface area (Å²) in [7, 11) is 0. The molecule has 0 aromatic heterocycles. The maximum absolute atomic E-state index is 12.1.